The van der Waals surface area contributed by atoms with Gasteiger partial charge in [-0.25, -0.2) is 0 Å². The third kappa shape index (κ3) is 2.65. The quantitative estimate of drug-likeness (QED) is 0.440. The van der Waals surface area contributed by atoms with Gasteiger partial charge in [-0.1, -0.05) is 17.9 Å². The average Bonchev–Trinajstić information content (AvgIpc) is 2.01. The van der Waals surface area contributed by atoms with Crippen LogP contribution >= 0.6 is 0 Å². The van der Waals surface area contributed by atoms with Crippen LogP contribution < -0.4 is 5.73 Å². The molecule has 0 aromatic heterocycles. The first-order valence-electron chi connectivity index (χ1n) is 3.73. The van der Waals surface area contributed by atoms with Crippen LogP contribution in [0.5, 0.6) is 0 Å². The molecule has 12 heavy (non-hydrogen) atoms. The number of hydrogen-bond donors (Lipinski definition) is 2. The summed E-state index contributed by atoms with van der Waals surface area (Å²) in [6, 6.07) is 7.26. The molecule has 1 aromatic rings. The van der Waals surface area contributed by atoms with Crippen LogP contribution in [0.3, 0.4) is 0 Å². The van der Waals surface area contributed by atoms with E-state index < -0.39 is 6.10 Å². The summed E-state index contributed by atoms with van der Waals surface area (Å²) in [5.74, 6) is 5.44. The van der Waals surface area contributed by atoms with Crippen molar-refractivity contribution in [3.63, 3.8) is 0 Å². The van der Waals surface area contributed by atoms with Crippen molar-refractivity contribution in [3.8, 4) is 11.8 Å². The van der Waals surface area contributed by atoms with E-state index in [2.05, 4.69) is 11.8 Å². The highest BCUT2D eigenvalue weighted by molar-refractivity contribution is 5.47. The highest BCUT2D eigenvalue weighted by atomic mass is 16.3. The molecule has 2 nitrogen and oxygen atoms in total. The zero-order valence-electron chi connectivity index (χ0n) is 6.91. The van der Waals surface area contributed by atoms with Crippen LogP contribution in [0, 0.1) is 11.8 Å². The van der Waals surface area contributed by atoms with Crippen molar-refractivity contribution in [2.45, 2.75) is 13.0 Å². The fourth-order valence-corrected chi connectivity index (χ4v) is 0.804. The van der Waals surface area contributed by atoms with Crippen LogP contribution in [0.4, 0.5) is 5.69 Å². The Balaban J connectivity index is 2.85. The summed E-state index contributed by atoms with van der Waals surface area (Å²) in [5, 5.41) is 8.88. The number of hydrogen-bond acceptors (Lipinski definition) is 2. The second-order valence-corrected chi connectivity index (χ2v) is 2.57. The molecule has 1 unspecified atom stereocenters. The largest absolute Gasteiger partial charge is 0.399 e. The lowest BCUT2D eigenvalue weighted by molar-refractivity contribution is 0.253. The predicted molar refractivity (Wildman–Crippen MR) is 49.4 cm³/mol. The Bertz CT molecular complexity index is 320. The Morgan fingerprint density at radius 2 is 2.25 bits per heavy atom. The fraction of sp³-hybridized carbons (Fsp3) is 0.200. The number of benzene rings is 1. The molecule has 0 bridgehead atoms. The third-order valence-electron chi connectivity index (χ3n) is 1.31. The second-order valence-electron chi connectivity index (χ2n) is 2.57. The van der Waals surface area contributed by atoms with Gasteiger partial charge in [0.1, 0.15) is 6.10 Å². The smallest absolute Gasteiger partial charge is 0.112 e. The van der Waals surface area contributed by atoms with Crippen molar-refractivity contribution in [1.82, 2.24) is 0 Å². The minimum absolute atomic E-state index is 0.591. The summed E-state index contributed by atoms with van der Waals surface area (Å²) in [5.41, 5.74) is 7.05. The van der Waals surface area contributed by atoms with E-state index in [1.807, 2.05) is 12.1 Å². The zero-order valence-corrected chi connectivity index (χ0v) is 6.91. The van der Waals surface area contributed by atoms with Gasteiger partial charge in [0.25, 0.3) is 0 Å². The molecule has 0 saturated carbocycles. The van der Waals surface area contributed by atoms with Gasteiger partial charge in [0.05, 0.1) is 0 Å². The predicted octanol–water partition coefficient (Wildman–Crippen LogP) is 1.00. The molecule has 0 spiro atoms. The minimum atomic E-state index is -0.591. The molecular weight excluding hydrogens is 150 g/mol. The van der Waals surface area contributed by atoms with Crippen molar-refractivity contribution >= 4 is 5.69 Å². The van der Waals surface area contributed by atoms with E-state index >= 15 is 0 Å². The molecule has 2 heteroatoms. The molecule has 0 aliphatic rings. The molecule has 1 atom stereocenters. The second kappa shape index (κ2) is 3.80. The van der Waals surface area contributed by atoms with E-state index in [-0.39, 0.29) is 0 Å². The van der Waals surface area contributed by atoms with Crippen LogP contribution in [0.1, 0.15) is 12.5 Å². The molecule has 62 valence electrons. The Kier molecular flexibility index (Phi) is 2.73. The van der Waals surface area contributed by atoms with Gasteiger partial charge in [-0.2, -0.15) is 0 Å². The van der Waals surface area contributed by atoms with Crippen molar-refractivity contribution < 1.29 is 5.11 Å². The summed E-state index contributed by atoms with van der Waals surface area (Å²) in [4.78, 5) is 0. The molecule has 0 aliphatic carbocycles. The van der Waals surface area contributed by atoms with Crippen molar-refractivity contribution in [2.75, 3.05) is 5.73 Å². The average molecular weight is 161 g/mol. The molecule has 3 N–H and O–H groups in total. The van der Waals surface area contributed by atoms with Crippen LogP contribution in [0.15, 0.2) is 24.3 Å². The molecule has 1 rings (SSSR count). The molecule has 0 amide bonds. The number of anilines is 1. The first-order chi connectivity index (χ1) is 5.68. The van der Waals surface area contributed by atoms with Crippen LogP contribution in [-0.4, -0.2) is 11.2 Å². The maximum Gasteiger partial charge on any atom is 0.112 e. The van der Waals surface area contributed by atoms with E-state index in [0.717, 1.165) is 5.56 Å². The van der Waals surface area contributed by atoms with Gasteiger partial charge in [-0.05, 0) is 25.1 Å². The number of aliphatic hydroxyl groups is 1. The monoisotopic (exact) mass is 161 g/mol. The number of aliphatic hydroxyl groups excluding tert-OH is 1. The Morgan fingerprint density at radius 1 is 1.50 bits per heavy atom. The summed E-state index contributed by atoms with van der Waals surface area (Å²) in [7, 11) is 0. The number of nitrogen functional groups attached to an aromatic ring is 1. The Hall–Kier alpha value is -1.46. The van der Waals surface area contributed by atoms with Crippen molar-refractivity contribution in [2.24, 2.45) is 0 Å². The summed E-state index contributed by atoms with van der Waals surface area (Å²) in [6.07, 6.45) is -0.591. The van der Waals surface area contributed by atoms with Crippen molar-refractivity contribution in [1.29, 1.82) is 0 Å². The van der Waals surface area contributed by atoms with E-state index in [4.69, 9.17) is 10.8 Å². The molecule has 0 fully saturated rings. The lowest BCUT2D eigenvalue weighted by Gasteiger charge is -1.93. The van der Waals surface area contributed by atoms with Gasteiger partial charge >= 0.3 is 0 Å². The normalized spacial score (nSPS) is 11.5. The zero-order chi connectivity index (χ0) is 8.97. The Morgan fingerprint density at radius 3 is 2.83 bits per heavy atom. The maximum absolute atomic E-state index is 8.88. The molecule has 0 heterocycles. The van der Waals surface area contributed by atoms with E-state index in [9.17, 15) is 0 Å². The first-order valence-corrected chi connectivity index (χ1v) is 3.73. The van der Waals surface area contributed by atoms with Gasteiger partial charge in [-0.15, -0.1) is 0 Å². The summed E-state index contributed by atoms with van der Waals surface area (Å²) in [6.45, 7) is 1.62. The summed E-state index contributed by atoms with van der Waals surface area (Å²) < 4.78 is 0. The molecule has 0 saturated heterocycles. The van der Waals surface area contributed by atoms with Gasteiger partial charge in [-0.3, -0.25) is 0 Å². The van der Waals surface area contributed by atoms with Gasteiger partial charge in [0, 0.05) is 11.3 Å². The van der Waals surface area contributed by atoms with Crippen LogP contribution in [-0.2, 0) is 0 Å². The minimum Gasteiger partial charge on any atom is -0.399 e. The lowest BCUT2D eigenvalue weighted by Crippen LogP contribution is -1.93. The van der Waals surface area contributed by atoms with Crippen LogP contribution in [0.2, 0.25) is 0 Å². The molecular formula is C10H11NO. The molecule has 1 aromatic carbocycles. The topological polar surface area (TPSA) is 46.2 Å². The highest BCUT2D eigenvalue weighted by Crippen LogP contribution is 2.04. The van der Waals surface area contributed by atoms with Gasteiger partial charge in [0.15, 0.2) is 0 Å². The number of rotatable bonds is 0. The molecule has 0 radical (unpaired) electrons. The SMILES string of the molecule is CC(O)C#Cc1cccc(N)c1. The number of nitrogens with two attached hydrogens (primary N) is 1. The van der Waals surface area contributed by atoms with E-state index in [0.29, 0.717) is 5.69 Å². The maximum atomic E-state index is 8.88. The highest BCUT2D eigenvalue weighted by Gasteiger charge is 1.88. The van der Waals surface area contributed by atoms with Crippen molar-refractivity contribution in [3.05, 3.63) is 29.8 Å². The van der Waals surface area contributed by atoms with Crippen LogP contribution in [0.25, 0.3) is 0 Å². The fourth-order valence-electron chi connectivity index (χ4n) is 0.804. The summed E-state index contributed by atoms with van der Waals surface area (Å²) >= 11 is 0. The third-order valence-corrected chi connectivity index (χ3v) is 1.31. The first kappa shape index (κ1) is 8.63. The molecule has 0 aliphatic heterocycles. The van der Waals surface area contributed by atoms with E-state index in [1.54, 1.807) is 19.1 Å². The van der Waals surface area contributed by atoms with E-state index in [1.165, 1.54) is 0 Å². The lowest BCUT2D eigenvalue weighted by atomic mass is 10.2. The van der Waals surface area contributed by atoms with Gasteiger partial charge < -0.3 is 10.8 Å². The Labute approximate surface area is 72.0 Å². The standard InChI is InChI=1S/C10H11NO/c1-8(12)5-6-9-3-2-4-10(11)7-9/h2-4,7-8,12H,11H2,1H3. The van der Waals surface area contributed by atoms with Gasteiger partial charge in [0.2, 0.25) is 0 Å².